The smallest absolute Gasteiger partial charge is 0.233 e. The number of carbonyl (C=O) groups excluding carboxylic acids is 1. The maximum Gasteiger partial charge on any atom is 0.233 e. The third kappa shape index (κ3) is 0.968. The quantitative estimate of drug-likeness (QED) is 0.452. The van der Waals surface area contributed by atoms with Crippen LogP contribution in [0.5, 0.6) is 0 Å². The minimum Gasteiger partial charge on any atom is -0.353 e. The summed E-state index contributed by atoms with van der Waals surface area (Å²) in [5.41, 5.74) is 0. The first-order chi connectivity index (χ1) is 3.70. The fraction of sp³-hybridized carbons (Fsp3) is 0.800. The molecule has 46 valence electrons. The molecule has 3 heteroatoms. The SMILES string of the molecule is CC1CC(S)C(=O)N1. The van der Waals surface area contributed by atoms with Crippen LogP contribution >= 0.6 is 12.6 Å². The highest BCUT2D eigenvalue weighted by molar-refractivity contribution is 7.81. The minimum absolute atomic E-state index is 0.0648. The van der Waals surface area contributed by atoms with Crippen molar-refractivity contribution in [2.24, 2.45) is 0 Å². The summed E-state index contributed by atoms with van der Waals surface area (Å²) < 4.78 is 0. The minimum atomic E-state index is -0.0648. The Labute approximate surface area is 54.1 Å². The van der Waals surface area contributed by atoms with Crippen LogP contribution in [0.2, 0.25) is 0 Å². The predicted octanol–water partition coefficient (Wildman–Crippen LogP) is 0.193. The van der Waals surface area contributed by atoms with Gasteiger partial charge in [0.05, 0.1) is 5.25 Å². The van der Waals surface area contributed by atoms with Crippen molar-refractivity contribution >= 4 is 18.5 Å². The van der Waals surface area contributed by atoms with Gasteiger partial charge in [-0.2, -0.15) is 12.6 Å². The highest BCUT2D eigenvalue weighted by Crippen LogP contribution is 2.11. The number of rotatable bonds is 0. The van der Waals surface area contributed by atoms with E-state index in [2.05, 4.69) is 17.9 Å². The highest BCUT2D eigenvalue weighted by Gasteiger charge is 2.25. The zero-order chi connectivity index (χ0) is 6.15. The third-order valence-corrected chi connectivity index (χ3v) is 1.71. The molecule has 8 heavy (non-hydrogen) atoms. The van der Waals surface area contributed by atoms with E-state index in [-0.39, 0.29) is 11.2 Å². The largest absolute Gasteiger partial charge is 0.353 e. The van der Waals surface area contributed by atoms with E-state index in [1.54, 1.807) is 0 Å². The molecule has 1 aliphatic rings. The van der Waals surface area contributed by atoms with Gasteiger partial charge in [-0.05, 0) is 13.3 Å². The van der Waals surface area contributed by atoms with Gasteiger partial charge in [0.2, 0.25) is 5.91 Å². The molecule has 1 N–H and O–H groups in total. The molecule has 0 aromatic rings. The van der Waals surface area contributed by atoms with E-state index in [9.17, 15) is 4.79 Å². The summed E-state index contributed by atoms with van der Waals surface area (Å²) in [6.07, 6.45) is 0.863. The Balaban J connectivity index is 2.51. The molecule has 1 fully saturated rings. The van der Waals surface area contributed by atoms with Crippen molar-refractivity contribution in [3.63, 3.8) is 0 Å². The van der Waals surface area contributed by atoms with Crippen LogP contribution in [-0.2, 0) is 4.79 Å². The average molecular weight is 131 g/mol. The van der Waals surface area contributed by atoms with Crippen molar-refractivity contribution in [3.05, 3.63) is 0 Å². The average Bonchev–Trinajstić information content (AvgIpc) is 1.85. The molecule has 1 aliphatic heterocycles. The molecule has 0 aliphatic carbocycles. The lowest BCUT2D eigenvalue weighted by atomic mass is 10.2. The lowest BCUT2D eigenvalue weighted by Gasteiger charge is -1.95. The van der Waals surface area contributed by atoms with E-state index >= 15 is 0 Å². The monoisotopic (exact) mass is 131 g/mol. The van der Waals surface area contributed by atoms with Gasteiger partial charge in [0.25, 0.3) is 0 Å². The second-order valence-electron chi connectivity index (χ2n) is 2.16. The summed E-state index contributed by atoms with van der Waals surface area (Å²) in [4.78, 5) is 10.6. The molecule has 1 saturated heterocycles. The molecule has 1 heterocycles. The van der Waals surface area contributed by atoms with Crippen LogP contribution in [0, 0.1) is 0 Å². The highest BCUT2D eigenvalue weighted by atomic mass is 32.1. The van der Waals surface area contributed by atoms with Gasteiger partial charge >= 0.3 is 0 Å². The standard InChI is InChI=1S/C5H9NOS/c1-3-2-4(8)5(7)6-3/h3-4,8H,2H2,1H3,(H,6,7). The Kier molecular flexibility index (Phi) is 1.47. The number of nitrogens with one attached hydrogen (secondary N) is 1. The van der Waals surface area contributed by atoms with Crippen LogP contribution in [0.1, 0.15) is 13.3 Å². The van der Waals surface area contributed by atoms with E-state index in [0.717, 1.165) is 6.42 Å². The Morgan fingerprint density at radius 3 is 2.62 bits per heavy atom. The number of hydrogen-bond acceptors (Lipinski definition) is 2. The van der Waals surface area contributed by atoms with Gasteiger partial charge in [-0.25, -0.2) is 0 Å². The van der Waals surface area contributed by atoms with Crippen molar-refractivity contribution in [1.82, 2.24) is 5.32 Å². The summed E-state index contributed by atoms with van der Waals surface area (Å²) >= 11 is 4.03. The summed E-state index contributed by atoms with van der Waals surface area (Å²) in [5, 5.41) is 2.69. The summed E-state index contributed by atoms with van der Waals surface area (Å²) in [7, 11) is 0. The van der Waals surface area contributed by atoms with Crippen LogP contribution in [0.15, 0.2) is 0 Å². The van der Waals surface area contributed by atoms with Crippen molar-refractivity contribution in [2.75, 3.05) is 0 Å². The lowest BCUT2D eigenvalue weighted by molar-refractivity contribution is -0.118. The normalized spacial score (nSPS) is 37.5. The molecule has 0 saturated carbocycles. The third-order valence-electron chi connectivity index (χ3n) is 1.27. The van der Waals surface area contributed by atoms with E-state index in [0.29, 0.717) is 6.04 Å². The number of thiol groups is 1. The van der Waals surface area contributed by atoms with Crippen molar-refractivity contribution in [2.45, 2.75) is 24.6 Å². The summed E-state index contributed by atoms with van der Waals surface area (Å²) in [6.45, 7) is 1.98. The molecular weight excluding hydrogens is 122 g/mol. The first-order valence-corrected chi connectivity index (χ1v) is 3.20. The molecule has 0 spiro atoms. The second kappa shape index (κ2) is 1.97. The van der Waals surface area contributed by atoms with Gasteiger partial charge in [0, 0.05) is 6.04 Å². The van der Waals surface area contributed by atoms with Crippen LogP contribution in [0.4, 0.5) is 0 Å². The van der Waals surface area contributed by atoms with Gasteiger partial charge in [-0.1, -0.05) is 0 Å². The number of hydrogen-bond donors (Lipinski definition) is 2. The van der Waals surface area contributed by atoms with Gasteiger partial charge in [0.1, 0.15) is 0 Å². The van der Waals surface area contributed by atoms with E-state index in [1.807, 2.05) is 6.92 Å². The van der Waals surface area contributed by atoms with E-state index < -0.39 is 0 Å². The Bertz CT molecular complexity index is 115. The molecule has 0 aromatic heterocycles. The van der Waals surface area contributed by atoms with Gasteiger partial charge in [-0.15, -0.1) is 0 Å². The first-order valence-electron chi connectivity index (χ1n) is 2.68. The van der Waals surface area contributed by atoms with E-state index in [4.69, 9.17) is 0 Å². The Hall–Kier alpha value is -0.180. The molecule has 1 amide bonds. The topological polar surface area (TPSA) is 29.1 Å². The summed E-state index contributed by atoms with van der Waals surface area (Å²) in [6, 6.07) is 0.324. The van der Waals surface area contributed by atoms with Crippen LogP contribution < -0.4 is 5.32 Å². The Morgan fingerprint density at radius 2 is 2.50 bits per heavy atom. The predicted molar refractivity (Wildman–Crippen MR) is 35.0 cm³/mol. The molecule has 2 atom stereocenters. The summed E-state index contributed by atoms with van der Waals surface area (Å²) in [5.74, 6) is 0.0702. The van der Waals surface area contributed by atoms with Crippen LogP contribution in [0.3, 0.4) is 0 Å². The lowest BCUT2D eigenvalue weighted by Crippen LogP contribution is -2.23. The Morgan fingerprint density at radius 1 is 1.88 bits per heavy atom. The molecule has 2 unspecified atom stereocenters. The molecule has 0 aromatic carbocycles. The van der Waals surface area contributed by atoms with Gasteiger partial charge in [-0.3, -0.25) is 4.79 Å². The van der Waals surface area contributed by atoms with Crippen LogP contribution in [0.25, 0.3) is 0 Å². The second-order valence-corrected chi connectivity index (χ2v) is 2.78. The maximum absolute atomic E-state index is 10.6. The first kappa shape index (κ1) is 5.95. The fourth-order valence-corrected chi connectivity index (χ4v) is 1.23. The zero-order valence-corrected chi connectivity index (χ0v) is 5.61. The zero-order valence-electron chi connectivity index (χ0n) is 4.72. The molecule has 1 rings (SSSR count). The van der Waals surface area contributed by atoms with Crippen molar-refractivity contribution < 1.29 is 4.79 Å². The van der Waals surface area contributed by atoms with Crippen LogP contribution in [-0.4, -0.2) is 17.2 Å². The molecule has 0 bridgehead atoms. The number of carbonyl (C=O) groups is 1. The van der Waals surface area contributed by atoms with Gasteiger partial charge < -0.3 is 5.32 Å². The van der Waals surface area contributed by atoms with Gasteiger partial charge in [0.15, 0.2) is 0 Å². The van der Waals surface area contributed by atoms with E-state index in [1.165, 1.54) is 0 Å². The maximum atomic E-state index is 10.6. The number of amides is 1. The fourth-order valence-electron chi connectivity index (χ4n) is 0.840. The van der Waals surface area contributed by atoms with Crippen molar-refractivity contribution in [1.29, 1.82) is 0 Å². The molecule has 2 nitrogen and oxygen atoms in total. The molecule has 0 radical (unpaired) electrons. The molecular formula is C5H9NOS. The van der Waals surface area contributed by atoms with Crippen molar-refractivity contribution in [3.8, 4) is 0 Å².